The molecule has 0 saturated heterocycles. The first kappa shape index (κ1) is 16.5. The minimum atomic E-state index is -1.95. The van der Waals surface area contributed by atoms with E-state index >= 15 is 0 Å². The predicted molar refractivity (Wildman–Crippen MR) is 72.8 cm³/mol. The molecule has 0 bridgehead atoms. The zero-order valence-corrected chi connectivity index (χ0v) is 11.3. The molecule has 0 radical (unpaired) electrons. The van der Waals surface area contributed by atoms with Gasteiger partial charge in [0.25, 0.3) is 11.4 Å². The highest BCUT2D eigenvalue weighted by Gasteiger charge is 2.41. The van der Waals surface area contributed by atoms with Crippen molar-refractivity contribution in [1.29, 1.82) is 0 Å². The lowest BCUT2D eigenvalue weighted by atomic mass is 9.84. The van der Waals surface area contributed by atoms with Crippen LogP contribution in [0.1, 0.15) is 31.7 Å². The smallest absolute Gasteiger partial charge is 0.328 e. The van der Waals surface area contributed by atoms with Gasteiger partial charge in [-0.15, -0.1) is 0 Å². The zero-order chi connectivity index (χ0) is 16.2. The second kappa shape index (κ2) is 6.27. The Balaban J connectivity index is 3.47. The maximum atomic E-state index is 11.4. The van der Waals surface area contributed by atoms with Crippen molar-refractivity contribution in [2.45, 2.75) is 31.7 Å². The lowest BCUT2D eigenvalue weighted by Crippen LogP contribution is -2.45. The average molecular weight is 297 g/mol. The fraction of sp³-hybridized carbons (Fsp3) is 0.417. The largest absolute Gasteiger partial charge is 0.480 e. The van der Waals surface area contributed by atoms with E-state index in [1.54, 1.807) is 0 Å². The van der Waals surface area contributed by atoms with E-state index in [9.17, 15) is 30.1 Å². The number of nitro groups is 2. The van der Waals surface area contributed by atoms with Crippen LogP contribution in [-0.4, -0.2) is 20.9 Å². The Morgan fingerprint density at radius 2 is 1.95 bits per heavy atom. The summed E-state index contributed by atoms with van der Waals surface area (Å²) in [6.45, 7) is 1.83. The maximum Gasteiger partial charge on any atom is 0.328 e. The van der Waals surface area contributed by atoms with E-state index in [2.05, 4.69) is 0 Å². The number of hydrogen-bond acceptors (Lipinski definition) is 6. The molecule has 21 heavy (non-hydrogen) atoms. The van der Waals surface area contributed by atoms with Crippen LogP contribution in [-0.2, 0) is 10.3 Å². The van der Waals surface area contributed by atoms with Crippen molar-refractivity contribution in [1.82, 2.24) is 0 Å². The molecule has 9 heteroatoms. The van der Waals surface area contributed by atoms with E-state index < -0.39 is 32.7 Å². The van der Waals surface area contributed by atoms with Gasteiger partial charge in [-0.05, 0) is 12.5 Å². The molecule has 0 saturated carbocycles. The van der Waals surface area contributed by atoms with Gasteiger partial charge < -0.3 is 10.8 Å². The standard InChI is InChI=1S/C12H15N3O6/c1-2-3-6-12(13,11(16)17)9-5-4-8(14(18)19)7-10(9)15(20)21/h4-5,7H,2-3,6,13H2,1H3,(H,16,17). The summed E-state index contributed by atoms with van der Waals surface area (Å²) in [7, 11) is 0. The molecule has 0 aliphatic carbocycles. The van der Waals surface area contributed by atoms with Gasteiger partial charge in [-0.25, -0.2) is 4.79 Å². The Morgan fingerprint density at radius 3 is 2.38 bits per heavy atom. The number of rotatable bonds is 7. The number of carbonyl (C=O) groups is 1. The molecule has 1 rings (SSSR count). The third kappa shape index (κ3) is 3.31. The van der Waals surface area contributed by atoms with Gasteiger partial charge in [-0.2, -0.15) is 0 Å². The van der Waals surface area contributed by atoms with Crippen LogP contribution in [0.5, 0.6) is 0 Å². The van der Waals surface area contributed by atoms with E-state index in [4.69, 9.17) is 5.73 Å². The van der Waals surface area contributed by atoms with Crippen LogP contribution >= 0.6 is 0 Å². The monoisotopic (exact) mass is 297 g/mol. The normalized spacial score (nSPS) is 13.4. The summed E-state index contributed by atoms with van der Waals surface area (Å²) in [5.41, 5.74) is 2.50. The highest BCUT2D eigenvalue weighted by Crippen LogP contribution is 2.34. The number of carboxylic acids is 1. The first-order valence-electron chi connectivity index (χ1n) is 6.19. The molecule has 114 valence electrons. The minimum Gasteiger partial charge on any atom is -0.480 e. The van der Waals surface area contributed by atoms with Crippen molar-refractivity contribution in [3.63, 3.8) is 0 Å². The van der Waals surface area contributed by atoms with Gasteiger partial charge in [0.15, 0.2) is 0 Å². The highest BCUT2D eigenvalue weighted by molar-refractivity contribution is 5.82. The van der Waals surface area contributed by atoms with Crippen molar-refractivity contribution in [3.8, 4) is 0 Å². The summed E-state index contributed by atoms with van der Waals surface area (Å²) in [5, 5.41) is 31.1. The fourth-order valence-electron chi connectivity index (χ4n) is 1.97. The third-order valence-corrected chi connectivity index (χ3v) is 3.18. The van der Waals surface area contributed by atoms with E-state index in [1.807, 2.05) is 6.92 Å². The Bertz CT molecular complexity index is 588. The SMILES string of the molecule is CCCCC(N)(C(=O)O)c1ccc([N+](=O)[O-])cc1[N+](=O)[O-]. The molecule has 0 aliphatic rings. The zero-order valence-electron chi connectivity index (χ0n) is 11.3. The van der Waals surface area contributed by atoms with Crippen molar-refractivity contribution in [2.24, 2.45) is 5.73 Å². The Labute approximate surface area is 119 Å². The van der Waals surface area contributed by atoms with E-state index in [0.29, 0.717) is 12.8 Å². The lowest BCUT2D eigenvalue weighted by Gasteiger charge is -2.24. The van der Waals surface area contributed by atoms with Gasteiger partial charge in [-0.1, -0.05) is 19.8 Å². The van der Waals surface area contributed by atoms with Crippen LogP contribution in [0.25, 0.3) is 0 Å². The summed E-state index contributed by atoms with van der Waals surface area (Å²) < 4.78 is 0. The molecule has 9 nitrogen and oxygen atoms in total. The van der Waals surface area contributed by atoms with Crippen molar-refractivity contribution < 1.29 is 19.7 Å². The fourth-order valence-corrected chi connectivity index (χ4v) is 1.97. The maximum absolute atomic E-state index is 11.4. The van der Waals surface area contributed by atoms with Crippen LogP contribution in [0.15, 0.2) is 18.2 Å². The van der Waals surface area contributed by atoms with E-state index in [1.165, 1.54) is 0 Å². The number of unbranched alkanes of at least 4 members (excludes halogenated alkanes) is 1. The van der Waals surface area contributed by atoms with Crippen LogP contribution in [0.4, 0.5) is 11.4 Å². The molecular weight excluding hydrogens is 282 g/mol. The van der Waals surface area contributed by atoms with Gasteiger partial charge >= 0.3 is 5.97 Å². The molecule has 3 N–H and O–H groups in total. The first-order valence-corrected chi connectivity index (χ1v) is 6.19. The van der Waals surface area contributed by atoms with Gasteiger partial charge in [0.1, 0.15) is 5.54 Å². The van der Waals surface area contributed by atoms with Crippen LogP contribution in [0.2, 0.25) is 0 Å². The minimum absolute atomic E-state index is 0.00250. The molecule has 1 aromatic carbocycles. The number of benzene rings is 1. The number of nitro benzene ring substituents is 2. The molecule has 0 amide bonds. The average Bonchev–Trinajstić information content (AvgIpc) is 2.43. The van der Waals surface area contributed by atoms with Gasteiger partial charge in [0, 0.05) is 6.07 Å². The molecule has 0 aromatic heterocycles. The number of hydrogen-bond donors (Lipinski definition) is 2. The topological polar surface area (TPSA) is 150 Å². The second-order valence-corrected chi connectivity index (χ2v) is 4.60. The van der Waals surface area contributed by atoms with Crippen LogP contribution in [0.3, 0.4) is 0 Å². The Kier molecular flexibility index (Phi) is 4.93. The van der Waals surface area contributed by atoms with E-state index in [0.717, 1.165) is 18.2 Å². The highest BCUT2D eigenvalue weighted by atomic mass is 16.6. The number of carboxylic acid groups (broad SMARTS) is 1. The molecule has 0 fully saturated rings. The van der Waals surface area contributed by atoms with Gasteiger partial charge in [0.2, 0.25) is 0 Å². The summed E-state index contributed by atoms with van der Waals surface area (Å²) in [4.78, 5) is 31.5. The molecule has 0 spiro atoms. The van der Waals surface area contributed by atoms with Crippen molar-refractivity contribution >= 4 is 17.3 Å². The Hall–Kier alpha value is -2.55. The summed E-state index contributed by atoms with van der Waals surface area (Å²) in [6.07, 6.45) is 1.11. The third-order valence-electron chi connectivity index (χ3n) is 3.18. The first-order chi connectivity index (χ1) is 9.74. The number of nitrogens with zero attached hydrogens (tertiary/aromatic N) is 2. The van der Waals surface area contributed by atoms with Crippen molar-refractivity contribution in [2.75, 3.05) is 0 Å². The quantitative estimate of drug-likeness (QED) is 0.576. The predicted octanol–water partition coefficient (Wildman–Crippen LogP) is 1.93. The number of nitrogens with two attached hydrogens (primary N) is 1. The summed E-state index contributed by atoms with van der Waals surface area (Å²) in [5.74, 6) is -1.41. The molecule has 1 unspecified atom stereocenters. The van der Waals surface area contributed by atoms with Crippen LogP contribution in [0, 0.1) is 20.2 Å². The number of non-ortho nitro benzene ring substituents is 1. The molecule has 0 aliphatic heterocycles. The number of aliphatic carboxylic acids is 1. The van der Waals surface area contributed by atoms with Gasteiger partial charge in [-0.3, -0.25) is 20.2 Å². The Morgan fingerprint density at radius 1 is 1.33 bits per heavy atom. The summed E-state index contributed by atoms with van der Waals surface area (Å²) >= 11 is 0. The lowest BCUT2D eigenvalue weighted by molar-refractivity contribution is -0.394. The molecule has 0 heterocycles. The molecule has 1 atom stereocenters. The molecular formula is C12H15N3O6. The van der Waals surface area contributed by atoms with Crippen LogP contribution < -0.4 is 5.73 Å². The van der Waals surface area contributed by atoms with E-state index in [-0.39, 0.29) is 12.0 Å². The summed E-state index contributed by atoms with van der Waals surface area (Å²) in [6, 6.07) is 2.78. The molecule has 1 aromatic rings. The van der Waals surface area contributed by atoms with Gasteiger partial charge in [0.05, 0.1) is 21.5 Å². The second-order valence-electron chi connectivity index (χ2n) is 4.60. The van der Waals surface area contributed by atoms with Crippen molar-refractivity contribution in [3.05, 3.63) is 44.0 Å².